The number of amides is 2. The molecule has 1 saturated carbocycles. The highest BCUT2D eigenvalue weighted by molar-refractivity contribution is 7.92. The number of hydrogen-bond acceptors (Lipinski definition) is 5. The predicted octanol–water partition coefficient (Wildman–Crippen LogP) is 5.59. The van der Waals surface area contributed by atoms with Crippen molar-refractivity contribution in [2.75, 3.05) is 17.5 Å². The fourth-order valence-electron chi connectivity index (χ4n) is 5.43. The smallest absolute Gasteiger partial charge is 0.264 e. The van der Waals surface area contributed by atoms with Crippen LogP contribution in [-0.2, 0) is 26.2 Å². The molecule has 1 N–H and O–H groups in total. The van der Waals surface area contributed by atoms with Crippen molar-refractivity contribution in [1.82, 2.24) is 10.2 Å². The predicted molar refractivity (Wildman–Crippen MR) is 165 cm³/mol. The Bertz CT molecular complexity index is 1490. The first-order valence-corrected chi connectivity index (χ1v) is 16.2. The molecule has 0 spiro atoms. The molecule has 1 aliphatic carbocycles. The zero-order valence-electron chi connectivity index (χ0n) is 25.0. The summed E-state index contributed by atoms with van der Waals surface area (Å²) in [6.07, 6.45) is 4.24. The van der Waals surface area contributed by atoms with E-state index in [0.717, 1.165) is 53.2 Å². The summed E-state index contributed by atoms with van der Waals surface area (Å²) in [4.78, 5) is 29.1. The van der Waals surface area contributed by atoms with E-state index in [-0.39, 0.29) is 29.1 Å². The van der Waals surface area contributed by atoms with Gasteiger partial charge < -0.3 is 15.0 Å². The van der Waals surface area contributed by atoms with Crippen molar-refractivity contribution in [3.8, 4) is 5.75 Å². The lowest BCUT2D eigenvalue weighted by Crippen LogP contribution is -2.53. The minimum atomic E-state index is -4.30. The average Bonchev–Trinajstić information content (AvgIpc) is 3.49. The normalized spacial score (nSPS) is 14.2. The van der Waals surface area contributed by atoms with Gasteiger partial charge in [-0.3, -0.25) is 13.9 Å². The Hall–Kier alpha value is -3.92. The van der Waals surface area contributed by atoms with Gasteiger partial charge in [-0.1, -0.05) is 49.6 Å². The summed E-state index contributed by atoms with van der Waals surface area (Å²) in [7, 11) is -4.30. The molecule has 3 aromatic carbocycles. The maximum absolute atomic E-state index is 14.2. The molecule has 43 heavy (non-hydrogen) atoms. The Balaban J connectivity index is 1.71. The van der Waals surface area contributed by atoms with E-state index in [2.05, 4.69) is 5.32 Å². The van der Waals surface area contributed by atoms with Crippen LogP contribution in [0.15, 0.2) is 77.7 Å². The highest BCUT2D eigenvalue weighted by Crippen LogP contribution is 2.27. The highest BCUT2D eigenvalue weighted by Gasteiger charge is 2.34. The maximum atomic E-state index is 14.2. The number of halogens is 1. The molecule has 0 bridgehead atoms. The lowest BCUT2D eigenvalue weighted by Gasteiger charge is -2.34. The molecule has 8 nitrogen and oxygen atoms in total. The molecule has 0 aromatic heterocycles. The SMILES string of the molecule is CCOc1ccc(N(CC(=O)N(Cc2cccc(C)c2)C(CC)C(=O)NC2CCCC2)S(=O)(=O)c2ccc(F)cc2)cc1. The number of carbonyl (C=O) groups excluding carboxylic acids is 2. The van der Waals surface area contributed by atoms with Crippen molar-refractivity contribution in [3.63, 3.8) is 0 Å². The van der Waals surface area contributed by atoms with Gasteiger partial charge in [-0.25, -0.2) is 12.8 Å². The largest absolute Gasteiger partial charge is 0.494 e. The van der Waals surface area contributed by atoms with Gasteiger partial charge >= 0.3 is 0 Å². The number of ether oxygens (including phenoxy) is 1. The van der Waals surface area contributed by atoms with Gasteiger partial charge in [0, 0.05) is 12.6 Å². The van der Waals surface area contributed by atoms with Gasteiger partial charge in [0.05, 0.1) is 17.2 Å². The van der Waals surface area contributed by atoms with Crippen LogP contribution in [0.1, 0.15) is 57.1 Å². The Morgan fingerprint density at radius 2 is 1.67 bits per heavy atom. The van der Waals surface area contributed by atoms with Crippen molar-refractivity contribution < 1.29 is 27.1 Å². The molecule has 10 heteroatoms. The highest BCUT2D eigenvalue weighted by atomic mass is 32.2. The van der Waals surface area contributed by atoms with Crippen LogP contribution in [0.4, 0.5) is 10.1 Å². The van der Waals surface area contributed by atoms with Gasteiger partial charge in [0.1, 0.15) is 24.2 Å². The molecule has 230 valence electrons. The fourth-order valence-corrected chi connectivity index (χ4v) is 6.85. The van der Waals surface area contributed by atoms with Gasteiger partial charge in [0.25, 0.3) is 10.0 Å². The van der Waals surface area contributed by atoms with E-state index in [4.69, 9.17) is 4.74 Å². The van der Waals surface area contributed by atoms with E-state index in [1.54, 1.807) is 24.3 Å². The first-order chi connectivity index (χ1) is 20.6. The first-order valence-electron chi connectivity index (χ1n) is 14.8. The van der Waals surface area contributed by atoms with Gasteiger partial charge in [-0.15, -0.1) is 0 Å². The molecular formula is C33H40FN3O5S. The minimum Gasteiger partial charge on any atom is -0.494 e. The number of anilines is 1. The topological polar surface area (TPSA) is 96.0 Å². The Kier molecular flexibility index (Phi) is 10.8. The zero-order valence-corrected chi connectivity index (χ0v) is 25.8. The molecule has 0 radical (unpaired) electrons. The first kappa shape index (κ1) is 32.0. The minimum absolute atomic E-state index is 0.0664. The number of nitrogens with zero attached hydrogens (tertiary/aromatic N) is 2. The summed E-state index contributed by atoms with van der Waals surface area (Å²) in [5, 5.41) is 3.11. The second-order valence-electron chi connectivity index (χ2n) is 10.8. The van der Waals surface area contributed by atoms with Crippen LogP contribution in [0.25, 0.3) is 0 Å². The van der Waals surface area contributed by atoms with Crippen LogP contribution >= 0.6 is 0 Å². The molecule has 1 fully saturated rings. The van der Waals surface area contributed by atoms with Crippen LogP contribution in [0.3, 0.4) is 0 Å². The summed E-state index contributed by atoms with van der Waals surface area (Å²) in [5.41, 5.74) is 2.07. The lowest BCUT2D eigenvalue weighted by atomic mass is 10.1. The van der Waals surface area contributed by atoms with E-state index >= 15 is 0 Å². The molecule has 2 amide bonds. The van der Waals surface area contributed by atoms with E-state index in [1.165, 1.54) is 17.0 Å². The third kappa shape index (κ3) is 8.13. The Morgan fingerprint density at radius 1 is 1.00 bits per heavy atom. The zero-order chi connectivity index (χ0) is 31.0. The van der Waals surface area contributed by atoms with E-state index in [9.17, 15) is 22.4 Å². The average molecular weight is 610 g/mol. The van der Waals surface area contributed by atoms with Gasteiger partial charge in [0.15, 0.2) is 0 Å². The van der Waals surface area contributed by atoms with Crippen LogP contribution in [0.2, 0.25) is 0 Å². The van der Waals surface area contributed by atoms with Gasteiger partial charge in [0.2, 0.25) is 11.8 Å². The molecule has 0 heterocycles. The second-order valence-corrected chi connectivity index (χ2v) is 12.7. The summed E-state index contributed by atoms with van der Waals surface area (Å²) in [5.74, 6) is -0.808. The number of hydrogen-bond donors (Lipinski definition) is 1. The molecule has 4 rings (SSSR count). The molecule has 0 saturated heterocycles. The van der Waals surface area contributed by atoms with E-state index in [1.807, 2.05) is 45.0 Å². The molecule has 3 aromatic rings. The Morgan fingerprint density at radius 3 is 2.28 bits per heavy atom. The number of aryl methyl sites for hydroxylation is 1. The third-order valence-corrected chi connectivity index (χ3v) is 9.43. The number of carbonyl (C=O) groups is 2. The van der Waals surface area contributed by atoms with Crippen molar-refractivity contribution in [1.29, 1.82) is 0 Å². The molecule has 1 aliphatic rings. The van der Waals surface area contributed by atoms with E-state index in [0.29, 0.717) is 18.8 Å². The fraction of sp³-hybridized carbons (Fsp3) is 0.394. The quantitative estimate of drug-likeness (QED) is 0.273. The molecular weight excluding hydrogens is 569 g/mol. The summed E-state index contributed by atoms with van der Waals surface area (Å²) < 4.78 is 48.1. The number of nitrogens with one attached hydrogen (secondary N) is 1. The van der Waals surface area contributed by atoms with Crippen LogP contribution < -0.4 is 14.4 Å². The summed E-state index contributed by atoms with van der Waals surface area (Å²) >= 11 is 0. The molecule has 0 aliphatic heterocycles. The molecule has 1 atom stereocenters. The monoisotopic (exact) mass is 609 g/mol. The molecule has 1 unspecified atom stereocenters. The van der Waals surface area contributed by atoms with Crippen LogP contribution in [0.5, 0.6) is 5.75 Å². The van der Waals surface area contributed by atoms with Gasteiger partial charge in [-0.2, -0.15) is 0 Å². The number of benzene rings is 3. The van der Waals surface area contributed by atoms with Crippen molar-refractivity contribution in [2.24, 2.45) is 0 Å². The van der Waals surface area contributed by atoms with E-state index < -0.39 is 34.3 Å². The standard InChI is InChI=1S/C33H40FN3O5S/c1-4-31(33(39)35-27-11-6-7-12-27)36(22-25-10-8-9-24(3)21-25)32(38)23-37(28-15-17-29(18-16-28)42-5-2)43(40,41)30-19-13-26(34)14-20-30/h8-10,13-21,27,31H,4-7,11-12,22-23H2,1-3H3,(H,35,39). The van der Waals surface area contributed by atoms with Crippen LogP contribution in [-0.4, -0.2) is 50.4 Å². The summed E-state index contributed by atoms with van der Waals surface area (Å²) in [6.45, 7) is 5.63. The summed E-state index contributed by atoms with van der Waals surface area (Å²) in [6, 6.07) is 17.8. The second kappa shape index (κ2) is 14.5. The Labute approximate surface area is 253 Å². The van der Waals surface area contributed by atoms with Crippen molar-refractivity contribution in [2.45, 2.75) is 76.4 Å². The number of rotatable bonds is 13. The maximum Gasteiger partial charge on any atom is 0.264 e. The third-order valence-electron chi connectivity index (χ3n) is 7.64. The lowest BCUT2D eigenvalue weighted by molar-refractivity contribution is -0.140. The van der Waals surface area contributed by atoms with Crippen molar-refractivity contribution in [3.05, 3.63) is 89.7 Å². The van der Waals surface area contributed by atoms with Crippen LogP contribution in [0, 0.1) is 12.7 Å². The van der Waals surface area contributed by atoms with Crippen molar-refractivity contribution >= 4 is 27.5 Å². The number of sulfonamides is 1. The van der Waals surface area contributed by atoms with Gasteiger partial charge in [-0.05, 0) is 87.2 Å².